The van der Waals surface area contributed by atoms with E-state index in [1.165, 1.54) is 11.8 Å². The van der Waals surface area contributed by atoms with Crippen LogP contribution < -0.4 is 5.56 Å². The fourth-order valence-corrected chi connectivity index (χ4v) is 3.90. The van der Waals surface area contributed by atoms with E-state index in [9.17, 15) is 4.79 Å². The summed E-state index contributed by atoms with van der Waals surface area (Å²) in [6, 6.07) is 13.7. The molecule has 4 aromatic rings. The fourth-order valence-electron chi connectivity index (χ4n) is 2.89. The molecule has 7 heteroatoms. The summed E-state index contributed by atoms with van der Waals surface area (Å²) in [4.78, 5) is 20.0. The molecule has 0 unspecified atom stereocenters. The SMILES string of the molecule is Cc1cccc(-n2ncc3c(=O)[nH]c(SCc4cccc(Cl)c4)nc32)c1C. The second-order valence-corrected chi connectivity index (χ2v) is 7.70. The molecular weight excluding hydrogens is 380 g/mol. The molecule has 0 aliphatic carbocycles. The molecule has 0 saturated carbocycles. The number of benzene rings is 2. The Morgan fingerprint density at radius 1 is 1.19 bits per heavy atom. The van der Waals surface area contributed by atoms with E-state index in [-0.39, 0.29) is 5.56 Å². The van der Waals surface area contributed by atoms with Crippen LogP contribution in [0.25, 0.3) is 16.7 Å². The van der Waals surface area contributed by atoms with Crippen molar-refractivity contribution in [2.24, 2.45) is 0 Å². The number of hydrogen-bond acceptors (Lipinski definition) is 4. The fraction of sp³-hybridized carbons (Fsp3) is 0.150. The number of aromatic amines is 1. The number of halogens is 1. The average molecular weight is 397 g/mol. The van der Waals surface area contributed by atoms with Crippen molar-refractivity contribution < 1.29 is 0 Å². The zero-order chi connectivity index (χ0) is 19.0. The normalized spacial score (nSPS) is 11.2. The van der Waals surface area contributed by atoms with Crippen molar-refractivity contribution in [3.05, 3.63) is 80.7 Å². The highest BCUT2D eigenvalue weighted by molar-refractivity contribution is 7.98. The lowest BCUT2D eigenvalue weighted by Crippen LogP contribution is -2.10. The Morgan fingerprint density at radius 2 is 2.00 bits per heavy atom. The van der Waals surface area contributed by atoms with Gasteiger partial charge in [0, 0.05) is 10.8 Å². The third-order valence-corrected chi connectivity index (χ3v) is 5.66. The number of fused-ring (bicyclic) bond motifs is 1. The van der Waals surface area contributed by atoms with Crippen LogP contribution in [0.4, 0.5) is 0 Å². The third kappa shape index (κ3) is 3.50. The van der Waals surface area contributed by atoms with Gasteiger partial charge in [0.2, 0.25) is 0 Å². The Labute approximate surface area is 165 Å². The highest BCUT2D eigenvalue weighted by atomic mass is 35.5. The van der Waals surface area contributed by atoms with Crippen LogP contribution in [0.3, 0.4) is 0 Å². The van der Waals surface area contributed by atoms with Crippen LogP contribution in [0.15, 0.2) is 58.6 Å². The van der Waals surface area contributed by atoms with Gasteiger partial charge in [0.05, 0.1) is 11.9 Å². The summed E-state index contributed by atoms with van der Waals surface area (Å²) < 4.78 is 1.73. The van der Waals surface area contributed by atoms with Crippen LogP contribution in [0.2, 0.25) is 5.02 Å². The zero-order valence-corrected chi connectivity index (χ0v) is 16.4. The highest BCUT2D eigenvalue weighted by Gasteiger charge is 2.14. The first-order valence-electron chi connectivity index (χ1n) is 8.45. The zero-order valence-electron chi connectivity index (χ0n) is 14.9. The van der Waals surface area contributed by atoms with Crippen molar-refractivity contribution in [1.29, 1.82) is 0 Å². The number of thioether (sulfide) groups is 1. The summed E-state index contributed by atoms with van der Waals surface area (Å²) in [7, 11) is 0. The van der Waals surface area contributed by atoms with Gasteiger partial charge in [0.15, 0.2) is 10.8 Å². The summed E-state index contributed by atoms with van der Waals surface area (Å²) in [6.07, 6.45) is 1.56. The number of rotatable bonds is 4. The summed E-state index contributed by atoms with van der Waals surface area (Å²) in [5.74, 6) is 0.659. The van der Waals surface area contributed by atoms with Crippen molar-refractivity contribution in [1.82, 2.24) is 19.7 Å². The van der Waals surface area contributed by atoms with Crippen LogP contribution in [0.5, 0.6) is 0 Å². The number of hydrogen-bond donors (Lipinski definition) is 1. The minimum atomic E-state index is -0.190. The van der Waals surface area contributed by atoms with E-state index in [4.69, 9.17) is 11.6 Å². The first-order chi connectivity index (χ1) is 13.0. The van der Waals surface area contributed by atoms with Gasteiger partial charge in [0.1, 0.15) is 5.39 Å². The third-order valence-electron chi connectivity index (χ3n) is 4.49. The second kappa shape index (κ2) is 7.21. The quantitative estimate of drug-likeness (QED) is 0.402. The molecule has 5 nitrogen and oxygen atoms in total. The van der Waals surface area contributed by atoms with Crippen LogP contribution in [-0.2, 0) is 5.75 Å². The average Bonchev–Trinajstić information content (AvgIpc) is 3.07. The Morgan fingerprint density at radius 3 is 2.81 bits per heavy atom. The molecule has 2 aromatic carbocycles. The molecule has 27 heavy (non-hydrogen) atoms. The monoisotopic (exact) mass is 396 g/mol. The van der Waals surface area contributed by atoms with E-state index in [2.05, 4.69) is 28.1 Å². The molecule has 0 bridgehead atoms. The Bertz CT molecular complexity index is 1200. The number of nitrogens with zero attached hydrogens (tertiary/aromatic N) is 3. The molecular formula is C20H17ClN4OS. The minimum Gasteiger partial charge on any atom is -0.301 e. The van der Waals surface area contributed by atoms with E-state index in [0.717, 1.165) is 22.4 Å². The molecule has 0 aliphatic heterocycles. The van der Waals surface area contributed by atoms with Gasteiger partial charge in [-0.15, -0.1) is 0 Å². The maximum absolute atomic E-state index is 12.5. The number of aromatic nitrogens is 4. The van der Waals surface area contributed by atoms with E-state index < -0.39 is 0 Å². The highest BCUT2D eigenvalue weighted by Crippen LogP contribution is 2.24. The molecule has 1 N–H and O–H groups in total. The van der Waals surface area contributed by atoms with Crippen LogP contribution in [-0.4, -0.2) is 19.7 Å². The van der Waals surface area contributed by atoms with Crippen LogP contribution in [0, 0.1) is 13.8 Å². The Balaban J connectivity index is 1.74. The molecule has 2 aromatic heterocycles. The van der Waals surface area contributed by atoms with Crippen molar-refractivity contribution >= 4 is 34.4 Å². The van der Waals surface area contributed by atoms with Crippen molar-refractivity contribution in [3.8, 4) is 5.69 Å². The van der Waals surface area contributed by atoms with Gasteiger partial charge in [0.25, 0.3) is 5.56 Å². The van der Waals surface area contributed by atoms with Crippen molar-refractivity contribution in [2.75, 3.05) is 0 Å². The lowest BCUT2D eigenvalue weighted by molar-refractivity contribution is 0.865. The van der Waals surface area contributed by atoms with Gasteiger partial charge >= 0.3 is 0 Å². The summed E-state index contributed by atoms with van der Waals surface area (Å²) >= 11 is 7.50. The van der Waals surface area contributed by atoms with Crippen molar-refractivity contribution in [3.63, 3.8) is 0 Å². The summed E-state index contributed by atoms with van der Waals surface area (Å²) in [5.41, 5.74) is 4.63. The number of aryl methyl sites for hydroxylation is 1. The molecule has 0 saturated heterocycles. The van der Waals surface area contributed by atoms with Gasteiger partial charge < -0.3 is 4.98 Å². The first kappa shape index (κ1) is 17.8. The first-order valence-corrected chi connectivity index (χ1v) is 9.81. The summed E-state index contributed by atoms with van der Waals surface area (Å²) in [6.45, 7) is 4.09. The largest absolute Gasteiger partial charge is 0.301 e. The predicted octanol–water partition coefficient (Wildman–Crippen LogP) is 4.67. The maximum Gasteiger partial charge on any atom is 0.262 e. The molecule has 0 amide bonds. The Kier molecular flexibility index (Phi) is 4.76. The molecule has 0 fully saturated rings. The number of H-pyrrole nitrogens is 1. The van der Waals surface area contributed by atoms with Gasteiger partial charge in [-0.1, -0.05) is 47.6 Å². The molecule has 0 spiro atoms. The van der Waals surface area contributed by atoms with Gasteiger partial charge in [-0.3, -0.25) is 4.79 Å². The second-order valence-electron chi connectivity index (χ2n) is 6.30. The maximum atomic E-state index is 12.5. The lowest BCUT2D eigenvalue weighted by Gasteiger charge is -2.09. The van der Waals surface area contributed by atoms with E-state index in [0.29, 0.717) is 27.0 Å². The molecule has 0 radical (unpaired) electrons. The lowest BCUT2D eigenvalue weighted by atomic mass is 10.1. The minimum absolute atomic E-state index is 0.190. The van der Waals surface area contributed by atoms with E-state index >= 15 is 0 Å². The molecule has 136 valence electrons. The standard InChI is InChI=1S/C20H17ClN4OS/c1-12-5-3-8-17(13(12)2)25-18-16(10-22-25)19(26)24-20(23-18)27-11-14-6-4-7-15(21)9-14/h3-10H,11H2,1-2H3,(H,23,24,26). The molecule has 4 rings (SSSR count). The smallest absolute Gasteiger partial charge is 0.262 e. The van der Waals surface area contributed by atoms with E-state index in [1.807, 2.05) is 43.3 Å². The molecule has 2 heterocycles. The predicted molar refractivity (Wildman–Crippen MR) is 110 cm³/mol. The number of nitrogens with one attached hydrogen (secondary N) is 1. The van der Waals surface area contributed by atoms with Crippen LogP contribution in [0.1, 0.15) is 16.7 Å². The van der Waals surface area contributed by atoms with E-state index in [1.54, 1.807) is 10.9 Å². The van der Waals surface area contributed by atoms with Gasteiger partial charge in [-0.05, 0) is 48.7 Å². The van der Waals surface area contributed by atoms with Gasteiger partial charge in [-0.25, -0.2) is 9.67 Å². The van der Waals surface area contributed by atoms with Crippen LogP contribution >= 0.6 is 23.4 Å². The molecule has 0 atom stereocenters. The topological polar surface area (TPSA) is 63.6 Å². The molecule has 0 aliphatic rings. The Hall–Kier alpha value is -2.57. The summed E-state index contributed by atoms with van der Waals surface area (Å²) in [5, 5.41) is 6.13. The van der Waals surface area contributed by atoms with Crippen molar-refractivity contribution in [2.45, 2.75) is 24.8 Å². The van der Waals surface area contributed by atoms with Gasteiger partial charge in [-0.2, -0.15) is 5.10 Å².